The number of nitrogens with one attached hydrogen (secondary N) is 1. The van der Waals surface area contributed by atoms with E-state index >= 15 is 0 Å². The van der Waals surface area contributed by atoms with Gasteiger partial charge in [0.2, 0.25) is 0 Å². The van der Waals surface area contributed by atoms with Crippen molar-refractivity contribution in [3.63, 3.8) is 0 Å². The van der Waals surface area contributed by atoms with Crippen molar-refractivity contribution < 1.29 is 0 Å². The van der Waals surface area contributed by atoms with Crippen LogP contribution in [0.1, 0.15) is 31.2 Å². The highest BCUT2D eigenvalue weighted by Crippen LogP contribution is 2.47. The summed E-state index contributed by atoms with van der Waals surface area (Å²) in [6, 6.07) is 7.97. The molecule has 4 heteroatoms. The summed E-state index contributed by atoms with van der Waals surface area (Å²) in [6.07, 6.45) is 5.51. The summed E-state index contributed by atoms with van der Waals surface area (Å²) >= 11 is 6.19. The van der Waals surface area contributed by atoms with Gasteiger partial charge in [-0.05, 0) is 36.3 Å². The Hall–Kier alpha value is -1.22. The number of likely N-dealkylation sites (tertiary alicyclic amines) is 1. The molecule has 1 saturated heterocycles. The molecule has 2 fully saturated rings. The zero-order valence-corrected chi connectivity index (χ0v) is 12.8. The normalized spacial score (nSPS) is 21.1. The topological polar surface area (TPSA) is 27.6 Å². The smallest absolute Gasteiger partial charge is 0.193 e. The second-order valence-corrected chi connectivity index (χ2v) is 6.42. The number of nitrogens with zero attached hydrogens (tertiary/aromatic N) is 2. The lowest BCUT2D eigenvalue weighted by Gasteiger charge is -2.38. The van der Waals surface area contributed by atoms with Gasteiger partial charge in [0.25, 0.3) is 0 Å². The Labute approximate surface area is 126 Å². The summed E-state index contributed by atoms with van der Waals surface area (Å²) in [5.74, 6) is 1.01. The molecule has 0 amide bonds. The summed E-state index contributed by atoms with van der Waals surface area (Å²) in [7, 11) is 1.86. The lowest BCUT2D eigenvalue weighted by Crippen LogP contribution is -2.42. The van der Waals surface area contributed by atoms with Crippen molar-refractivity contribution in [3.05, 3.63) is 34.9 Å². The average molecular weight is 292 g/mol. The van der Waals surface area contributed by atoms with Gasteiger partial charge in [0.05, 0.1) is 0 Å². The molecule has 0 unspecified atom stereocenters. The molecule has 1 heterocycles. The van der Waals surface area contributed by atoms with Crippen LogP contribution in [0.3, 0.4) is 0 Å². The molecule has 1 saturated carbocycles. The summed E-state index contributed by atoms with van der Waals surface area (Å²) in [5.41, 5.74) is 1.72. The van der Waals surface area contributed by atoms with Crippen LogP contribution in [0.2, 0.25) is 5.02 Å². The predicted molar refractivity (Wildman–Crippen MR) is 84.1 cm³/mol. The van der Waals surface area contributed by atoms with Crippen LogP contribution in [0.4, 0.5) is 0 Å². The molecule has 1 N–H and O–H groups in total. The number of hydrogen-bond acceptors (Lipinski definition) is 1. The monoisotopic (exact) mass is 291 g/mol. The minimum atomic E-state index is 0.599. The van der Waals surface area contributed by atoms with E-state index in [-0.39, 0.29) is 0 Å². The van der Waals surface area contributed by atoms with Crippen LogP contribution in [0.15, 0.2) is 29.3 Å². The first kappa shape index (κ1) is 13.7. The van der Waals surface area contributed by atoms with Gasteiger partial charge >= 0.3 is 0 Å². The van der Waals surface area contributed by atoms with Gasteiger partial charge in [-0.2, -0.15) is 0 Å². The molecular formula is C16H22ClN3. The van der Waals surface area contributed by atoms with Crippen molar-refractivity contribution >= 4 is 17.6 Å². The van der Waals surface area contributed by atoms with E-state index in [1.165, 1.54) is 25.7 Å². The second kappa shape index (κ2) is 5.65. The van der Waals surface area contributed by atoms with Crippen molar-refractivity contribution in [1.29, 1.82) is 0 Å². The van der Waals surface area contributed by atoms with Crippen LogP contribution < -0.4 is 5.32 Å². The third-order valence-electron chi connectivity index (χ3n) is 4.76. The Morgan fingerprint density at radius 1 is 1.35 bits per heavy atom. The van der Waals surface area contributed by atoms with Gasteiger partial charge in [-0.25, -0.2) is 0 Å². The second-order valence-electron chi connectivity index (χ2n) is 6.02. The van der Waals surface area contributed by atoms with Gasteiger partial charge in [0, 0.05) is 31.7 Å². The van der Waals surface area contributed by atoms with Crippen LogP contribution in [-0.2, 0) is 6.54 Å². The van der Waals surface area contributed by atoms with Crippen LogP contribution in [-0.4, -0.2) is 31.0 Å². The predicted octanol–water partition coefficient (Wildman–Crippen LogP) is 3.29. The largest absolute Gasteiger partial charge is 0.352 e. The molecule has 20 heavy (non-hydrogen) atoms. The molecule has 0 aromatic heterocycles. The number of aliphatic imine (C=N–C) groups is 1. The van der Waals surface area contributed by atoms with E-state index in [1.807, 2.05) is 25.2 Å². The van der Waals surface area contributed by atoms with Crippen molar-refractivity contribution in [2.75, 3.05) is 20.1 Å². The van der Waals surface area contributed by atoms with E-state index in [1.54, 1.807) is 0 Å². The fourth-order valence-electron chi connectivity index (χ4n) is 3.35. The van der Waals surface area contributed by atoms with E-state index in [9.17, 15) is 0 Å². The maximum Gasteiger partial charge on any atom is 0.193 e. The zero-order chi connectivity index (χ0) is 14.0. The summed E-state index contributed by atoms with van der Waals surface area (Å²) < 4.78 is 0. The molecule has 0 radical (unpaired) electrons. The van der Waals surface area contributed by atoms with E-state index in [2.05, 4.69) is 21.3 Å². The summed E-state index contributed by atoms with van der Waals surface area (Å²) in [5, 5.41) is 4.26. The highest BCUT2D eigenvalue weighted by molar-refractivity contribution is 6.31. The van der Waals surface area contributed by atoms with Crippen molar-refractivity contribution in [2.45, 2.75) is 32.2 Å². The number of halogens is 1. The lowest BCUT2D eigenvalue weighted by atomic mass is 9.68. The Morgan fingerprint density at radius 2 is 2.15 bits per heavy atom. The minimum Gasteiger partial charge on any atom is -0.352 e. The molecule has 1 aromatic carbocycles. The summed E-state index contributed by atoms with van der Waals surface area (Å²) in [6.45, 7) is 3.02. The maximum absolute atomic E-state index is 6.19. The van der Waals surface area contributed by atoms with Crippen LogP contribution in [0.25, 0.3) is 0 Å². The highest BCUT2D eigenvalue weighted by Gasteiger charge is 2.43. The van der Waals surface area contributed by atoms with E-state index < -0.39 is 0 Å². The number of benzene rings is 1. The van der Waals surface area contributed by atoms with Gasteiger partial charge in [-0.1, -0.05) is 36.2 Å². The Kier molecular flexibility index (Phi) is 3.88. The maximum atomic E-state index is 6.19. The molecule has 108 valence electrons. The van der Waals surface area contributed by atoms with Gasteiger partial charge in [-0.3, -0.25) is 4.99 Å². The molecule has 1 aromatic rings. The first-order chi connectivity index (χ1) is 9.72. The first-order valence-corrected chi connectivity index (χ1v) is 7.79. The third-order valence-corrected chi connectivity index (χ3v) is 5.13. The summed E-state index contributed by atoms with van der Waals surface area (Å²) in [4.78, 5) is 6.83. The lowest BCUT2D eigenvalue weighted by molar-refractivity contribution is 0.151. The number of guanidine groups is 1. The molecule has 0 bridgehead atoms. The Bertz CT molecular complexity index is 508. The van der Waals surface area contributed by atoms with E-state index in [0.29, 0.717) is 5.41 Å². The van der Waals surface area contributed by atoms with Gasteiger partial charge in [-0.15, -0.1) is 0 Å². The quantitative estimate of drug-likeness (QED) is 0.669. The molecule has 2 aliphatic rings. The molecule has 1 spiro atoms. The SMILES string of the molecule is CN=C(NCc1ccccc1Cl)N1CCC2(CCC2)C1. The Morgan fingerprint density at radius 3 is 2.75 bits per heavy atom. The zero-order valence-electron chi connectivity index (χ0n) is 12.0. The average Bonchev–Trinajstić information content (AvgIpc) is 2.87. The minimum absolute atomic E-state index is 0.599. The van der Waals surface area contributed by atoms with E-state index in [4.69, 9.17) is 11.6 Å². The van der Waals surface area contributed by atoms with Crippen LogP contribution in [0, 0.1) is 5.41 Å². The highest BCUT2D eigenvalue weighted by atomic mass is 35.5. The van der Waals surface area contributed by atoms with Crippen molar-refractivity contribution in [3.8, 4) is 0 Å². The van der Waals surface area contributed by atoms with Gasteiger partial charge in [0.15, 0.2) is 5.96 Å². The number of rotatable bonds is 2. The first-order valence-electron chi connectivity index (χ1n) is 7.41. The van der Waals surface area contributed by atoms with Crippen LogP contribution in [0.5, 0.6) is 0 Å². The molecule has 1 aliphatic carbocycles. The molecular weight excluding hydrogens is 270 g/mol. The Balaban J connectivity index is 1.60. The molecule has 3 nitrogen and oxygen atoms in total. The molecule has 0 atom stereocenters. The fourth-order valence-corrected chi connectivity index (χ4v) is 3.55. The number of hydrogen-bond donors (Lipinski definition) is 1. The van der Waals surface area contributed by atoms with E-state index in [0.717, 1.165) is 36.2 Å². The molecule has 3 rings (SSSR count). The van der Waals surface area contributed by atoms with Crippen LogP contribution >= 0.6 is 11.6 Å². The van der Waals surface area contributed by atoms with Gasteiger partial charge in [0.1, 0.15) is 0 Å². The van der Waals surface area contributed by atoms with Gasteiger partial charge < -0.3 is 10.2 Å². The third kappa shape index (κ3) is 2.64. The van der Waals surface area contributed by atoms with Crippen molar-refractivity contribution in [2.24, 2.45) is 10.4 Å². The fraction of sp³-hybridized carbons (Fsp3) is 0.562. The standard InChI is InChI=1S/C16H22ClN3/c1-18-15(19-11-13-5-2-3-6-14(13)17)20-10-9-16(12-20)7-4-8-16/h2-3,5-6H,4,7-12H2,1H3,(H,18,19). The van der Waals surface area contributed by atoms with Crippen molar-refractivity contribution in [1.82, 2.24) is 10.2 Å². The molecule has 1 aliphatic heterocycles.